The molecule has 2 atom stereocenters. The summed E-state index contributed by atoms with van der Waals surface area (Å²) in [6.07, 6.45) is 4.37. The number of rotatable bonds is 12. The van der Waals surface area contributed by atoms with Crippen molar-refractivity contribution in [3.8, 4) is 0 Å². The van der Waals surface area contributed by atoms with E-state index in [2.05, 4.69) is 30.2 Å². The number of hydrogen-bond acceptors (Lipinski definition) is 12. The van der Waals surface area contributed by atoms with E-state index in [1.165, 1.54) is 6.20 Å². The second kappa shape index (κ2) is 13.2. The lowest BCUT2D eigenvalue weighted by atomic mass is 9.95. The van der Waals surface area contributed by atoms with Gasteiger partial charge >= 0.3 is 11.9 Å². The zero-order valence-electron chi connectivity index (χ0n) is 21.6. The lowest BCUT2D eigenvalue weighted by Crippen LogP contribution is -2.42. The molecule has 1 amide bonds. The highest BCUT2D eigenvalue weighted by Crippen LogP contribution is 2.23. The van der Waals surface area contributed by atoms with E-state index in [1.807, 2.05) is 6.92 Å². The van der Waals surface area contributed by atoms with E-state index in [0.717, 1.165) is 12.1 Å². The van der Waals surface area contributed by atoms with Gasteiger partial charge in [0.25, 0.3) is 5.91 Å². The fourth-order valence-corrected chi connectivity index (χ4v) is 3.80. The molecule has 0 saturated carbocycles. The number of amides is 1. The second-order valence-electron chi connectivity index (χ2n) is 8.40. The summed E-state index contributed by atoms with van der Waals surface area (Å²) in [5.41, 5.74) is 14.0. The number of esters is 2. The van der Waals surface area contributed by atoms with E-state index in [1.54, 1.807) is 32.2 Å². The van der Waals surface area contributed by atoms with Gasteiger partial charge in [-0.25, -0.2) is 14.8 Å². The molecule has 3 aromatic heterocycles. The van der Waals surface area contributed by atoms with Crippen molar-refractivity contribution in [2.75, 3.05) is 24.7 Å². The summed E-state index contributed by atoms with van der Waals surface area (Å²) >= 11 is 0. The van der Waals surface area contributed by atoms with E-state index in [0.29, 0.717) is 23.3 Å². The maximum absolute atomic E-state index is 12.8. The van der Waals surface area contributed by atoms with Gasteiger partial charge in [-0.2, -0.15) is 9.97 Å². The quantitative estimate of drug-likeness (QED) is 0.290. The molecule has 0 aliphatic heterocycles. The van der Waals surface area contributed by atoms with Gasteiger partial charge in [0, 0.05) is 24.2 Å². The molecule has 1 unspecified atom stereocenters. The van der Waals surface area contributed by atoms with Crippen LogP contribution < -0.4 is 16.8 Å². The lowest BCUT2D eigenvalue weighted by molar-refractivity contribution is -0.146. The summed E-state index contributed by atoms with van der Waals surface area (Å²) in [5, 5.41) is 2.63. The lowest BCUT2D eigenvalue weighted by Gasteiger charge is -2.18. The number of hydrogen-bond donors (Lipinski definition) is 3. The normalized spacial score (nSPS) is 12.5. The number of ether oxygens (including phenoxy) is 2. The largest absolute Gasteiger partial charge is 0.466 e. The van der Waals surface area contributed by atoms with Crippen molar-refractivity contribution in [3.05, 3.63) is 41.5 Å². The predicted molar refractivity (Wildman–Crippen MR) is 139 cm³/mol. The van der Waals surface area contributed by atoms with Gasteiger partial charge in [0.1, 0.15) is 6.04 Å². The minimum absolute atomic E-state index is 0.00774. The first-order chi connectivity index (χ1) is 18.2. The monoisotopic (exact) mass is 524 g/mol. The van der Waals surface area contributed by atoms with Crippen LogP contribution in [0.25, 0.3) is 11.2 Å². The van der Waals surface area contributed by atoms with Crippen molar-refractivity contribution in [2.24, 2.45) is 0 Å². The Kier molecular flexibility index (Phi) is 9.79. The molecule has 202 valence electrons. The van der Waals surface area contributed by atoms with Gasteiger partial charge in [0.2, 0.25) is 5.95 Å². The SMILES string of the molecule is CCOC(=O)CC[C@H](NC(=O)c1ccc(C(CC)Cc2cnc3nc(N)nc(N)c3n2)nc1)C(=O)OCC. The number of carbonyl (C=O) groups excluding carboxylic acids is 3. The fourth-order valence-electron chi connectivity index (χ4n) is 3.80. The van der Waals surface area contributed by atoms with Crippen molar-refractivity contribution in [1.29, 1.82) is 0 Å². The number of nitrogens with zero attached hydrogens (tertiary/aromatic N) is 5. The summed E-state index contributed by atoms with van der Waals surface area (Å²) in [7, 11) is 0. The third kappa shape index (κ3) is 7.31. The summed E-state index contributed by atoms with van der Waals surface area (Å²) in [5.74, 6) is -1.40. The van der Waals surface area contributed by atoms with E-state index in [9.17, 15) is 14.4 Å². The van der Waals surface area contributed by atoms with E-state index < -0.39 is 23.9 Å². The Balaban J connectivity index is 1.70. The van der Waals surface area contributed by atoms with Gasteiger partial charge < -0.3 is 26.3 Å². The Bertz CT molecular complexity index is 1280. The van der Waals surface area contributed by atoms with E-state index >= 15 is 0 Å². The van der Waals surface area contributed by atoms with Crippen molar-refractivity contribution in [3.63, 3.8) is 0 Å². The average molecular weight is 525 g/mol. The molecule has 0 aromatic carbocycles. The van der Waals surface area contributed by atoms with Crippen LogP contribution in [0.1, 0.15) is 67.7 Å². The molecule has 13 nitrogen and oxygen atoms in total. The molecule has 0 radical (unpaired) electrons. The Morgan fingerprint density at radius 1 is 0.974 bits per heavy atom. The van der Waals surface area contributed by atoms with Gasteiger partial charge in [0.05, 0.1) is 30.7 Å². The smallest absolute Gasteiger partial charge is 0.328 e. The van der Waals surface area contributed by atoms with Crippen LogP contribution in [-0.4, -0.2) is 62.0 Å². The highest BCUT2D eigenvalue weighted by atomic mass is 16.5. The molecule has 38 heavy (non-hydrogen) atoms. The van der Waals surface area contributed by atoms with Gasteiger partial charge in [-0.15, -0.1) is 0 Å². The molecule has 0 saturated heterocycles. The van der Waals surface area contributed by atoms with Crippen molar-refractivity contribution in [2.45, 2.75) is 58.4 Å². The summed E-state index contributed by atoms with van der Waals surface area (Å²) in [6, 6.07) is 2.40. The summed E-state index contributed by atoms with van der Waals surface area (Å²) < 4.78 is 9.94. The number of aromatic nitrogens is 5. The molecule has 0 aliphatic rings. The number of fused-ring (bicyclic) bond motifs is 1. The molecule has 3 aromatic rings. The standard InChI is InChI=1S/C25H32N8O5/c1-4-14(11-16-13-29-22-20(30-16)21(26)32-25(27)33-22)17-8-7-15(12-28-17)23(35)31-18(24(36)38-6-3)9-10-19(34)37-5-2/h7-8,12-14,18H,4-6,9-11H2,1-3H3,(H,31,35)(H4,26,27,29,32,33)/t14?,18-/m0/s1. The Labute approximate surface area is 219 Å². The zero-order chi connectivity index (χ0) is 27.7. The van der Waals surface area contributed by atoms with Crippen LogP contribution in [-0.2, 0) is 25.5 Å². The summed E-state index contributed by atoms with van der Waals surface area (Å²) in [4.78, 5) is 58.2. The third-order valence-electron chi connectivity index (χ3n) is 5.74. The van der Waals surface area contributed by atoms with Crippen molar-refractivity contribution >= 4 is 40.8 Å². The van der Waals surface area contributed by atoms with Gasteiger partial charge in [-0.05, 0) is 45.2 Å². The minimum atomic E-state index is -0.992. The van der Waals surface area contributed by atoms with Crippen LogP contribution in [0.4, 0.5) is 11.8 Å². The Hall–Kier alpha value is -4.42. The molecular formula is C25H32N8O5. The van der Waals surface area contributed by atoms with E-state index in [-0.39, 0.29) is 49.3 Å². The highest BCUT2D eigenvalue weighted by molar-refractivity contribution is 5.96. The van der Waals surface area contributed by atoms with Crippen molar-refractivity contribution < 1.29 is 23.9 Å². The van der Waals surface area contributed by atoms with Gasteiger partial charge in [-0.3, -0.25) is 14.6 Å². The Morgan fingerprint density at radius 2 is 1.74 bits per heavy atom. The van der Waals surface area contributed by atoms with Crippen LogP contribution in [0.5, 0.6) is 0 Å². The Morgan fingerprint density at radius 3 is 2.39 bits per heavy atom. The molecule has 0 spiro atoms. The number of anilines is 2. The fraction of sp³-hybridized carbons (Fsp3) is 0.440. The van der Waals surface area contributed by atoms with Crippen molar-refractivity contribution in [1.82, 2.24) is 30.2 Å². The molecule has 3 rings (SSSR count). The topological polar surface area (TPSA) is 198 Å². The third-order valence-corrected chi connectivity index (χ3v) is 5.74. The molecule has 0 bridgehead atoms. The van der Waals surface area contributed by atoms with Crippen LogP contribution in [0.15, 0.2) is 24.5 Å². The zero-order valence-corrected chi connectivity index (χ0v) is 21.6. The maximum atomic E-state index is 12.8. The number of nitrogen functional groups attached to an aromatic ring is 2. The van der Waals surface area contributed by atoms with Crippen LogP contribution in [0.3, 0.4) is 0 Å². The average Bonchev–Trinajstić information content (AvgIpc) is 2.90. The van der Waals surface area contributed by atoms with Crippen LogP contribution in [0.2, 0.25) is 0 Å². The molecule has 0 aliphatic carbocycles. The second-order valence-corrected chi connectivity index (χ2v) is 8.40. The maximum Gasteiger partial charge on any atom is 0.328 e. The molecule has 3 heterocycles. The number of carbonyl (C=O) groups is 3. The first-order valence-corrected chi connectivity index (χ1v) is 12.4. The number of nitrogens with one attached hydrogen (secondary N) is 1. The molecule has 5 N–H and O–H groups in total. The van der Waals surface area contributed by atoms with E-state index in [4.69, 9.17) is 20.9 Å². The number of nitrogens with two attached hydrogens (primary N) is 2. The minimum Gasteiger partial charge on any atom is -0.466 e. The molecule has 13 heteroatoms. The first-order valence-electron chi connectivity index (χ1n) is 12.4. The van der Waals surface area contributed by atoms with Gasteiger partial charge in [-0.1, -0.05) is 6.92 Å². The van der Waals surface area contributed by atoms with Crippen LogP contribution in [0, 0.1) is 0 Å². The van der Waals surface area contributed by atoms with Gasteiger partial charge in [0.15, 0.2) is 17.0 Å². The first kappa shape index (κ1) is 28.2. The highest BCUT2D eigenvalue weighted by Gasteiger charge is 2.24. The number of pyridine rings is 1. The molecular weight excluding hydrogens is 492 g/mol. The molecule has 0 fully saturated rings. The predicted octanol–water partition coefficient (Wildman–Crippen LogP) is 1.72. The van der Waals surface area contributed by atoms with Crippen LogP contribution >= 0.6 is 0 Å². The summed E-state index contributed by atoms with van der Waals surface area (Å²) in [6.45, 7) is 5.76.